The van der Waals surface area contributed by atoms with E-state index in [0.717, 1.165) is 21.5 Å². The zero-order valence-electron chi connectivity index (χ0n) is 11.7. The number of aryl methyl sites for hydroxylation is 1. The van der Waals surface area contributed by atoms with Gasteiger partial charge in [-0.05, 0) is 35.6 Å². The summed E-state index contributed by atoms with van der Waals surface area (Å²) in [6.07, 6.45) is 2.03. The molecule has 1 heterocycles. The van der Waals surface area contributed by atoms with Gasteiger partial charge in [-0.1, -0.05) is 24.3 Å². The first-order valence-electron chi connectivity index (χ1n) is 6.48. The number of aromatic nitrogens is 1. The van der Waals surface area contributed by atoms with Crippen LogP contribution in [0.15, 0.2) is 56.6 Å². The van der Waals surface area contributed by atoms with Crippen molar-refractivity contribution in [2.24, 2.45) is 7.05 Å². The van der Waals surface area contributed by atoms with Crippen molar-refractivity contribution in [1.82, 2.24) is 4.57 Å². The Hall–Kier alpha value is -1.65. The second-order valence-corrected chi connectivity index (χ2v) is 6.04. The number of alkyl halides is 1. The third kappa shape index (κ3) is 2.49. The first kappa shape index (κ1) is 14.3. The Morgan fingerprint density at radius 2 is 2.00 bits per heavy atom. The number of rotatable bonds is 3. The molecule has 21 heavy (non-hydrogen) atoms. The molecule has 3 nitrogen and oxygen atoms in total. The Morgan fingerprint density at radius 1 is 1.24 bits per heavy atom. The molecule has 5 heteroatoms. The van der Waals surface area contributed by atoms with E-state index < -0.39 is 0 Å². The molecule has 3 rings (SSSR count). The Balaban J connectivity index is 2.09. The van der Waals surface area contributed by atoms with Crippen molar-refractivity contribution in [2.45, 2.75) is 10.3 Å². The molecule has 0 N–H and O–H groups in total. The number of hydrogen-bond acceptors (Lipinski definition) is 3. The van der Waals surface area contributed by atoms with Gasteiger partial charge in [0.05, 0.1) is 10.9 Å². The largest absolute Gasteiger partial charge is 0.419 e. The van der Waals surface area contributed by atoms with Crippen molar-refractivity contribution in [3.63, 3.8) is 0 Å². The molecule has 3 aromatic rings. The minimum atomic E-state index is -0.363. The van der Waals surface area contributed by atoms with Crippen molar-refractivity contribution in [3.8, 4) is 0 Å². The van der Waals surface area contributed by atoms with Crippen LogP contribution in [0.25, 0.3) is 11.1 Å². The maximum atomic E-state index is 11.5. The van der Waals surface area contributed by atoms with Crippen molar-refractivity contribution >= 4 is 34.5 Å². The summed E-state index contributed by atoms with van der Waals surface area (Å²) in [5.41, 5.74) is 3.31. The van der Waals surface area contributed by atoms with Gasteiger partial charge in [-0.3, -0.25) is 4.57 Å². The molecule has 1 aromatic heterocycles. The Morgan fingerprint density at radius 3 is 2.76 bits per heavy atom. The normalized spacial score (nSPS) is 12.7. The van der Waals surface area contributed by atoms with Gasteiger partial charge in [-0.25, -0.2) is 4.79 Å². The zero-order valence-corrected chi connectivity index (χ0v) is 13.2. The van der Waals surface area contributed by atoms with Crippen molar-refractivity contribution in [3.05, 3.63) is 64.1 Å². The number of benzene rings is 2. The summed E-state index contributed by atoms with van der Waals surface area (Å²) in [7, 11) is 1.69. The molecule has 0 saturated heterocycles. The first-order chi connectivity index (χ1) is 10.1. The Bertz CT molecular complexity index is 853. The lowest BCUT2D eigenvalue weighted by Gasteiger charge is -2.13. The van der Waals surface area contributed by atoms with Gasteiger partial charge >= 0.3 is 5.76 Å². The van der Waals surface area contributed by atoms with Crippen LogP contribution in [-0.2, 0) is 7.05 Å². The fourth-order valence-electron chi connectivity index (χ4n) is 2.36. The van der Waals surface area contributed by atoms with E-state index in [2.05, 4.69) is 6.07 Å². The molecule has 0 aliphatic rings. The third-order valence-electron chi connectivity index (χ3n) is 3.52. The van der Waals surface area contributed by atoms with Gasteiger partial charge in [-0.15, -0.1) is 23.4 Å². The van der Waals surface area contributed by atoms with Gasteiger partial charge in [0.25, 0.3) is 0 Å². The second kappa shape index (κ2) is 5.62. The zero-order chi connectivity index (χ0) is 15.0. The molecule has 108 valence electrons. The lowest BCUT2D eigenvalue weighted by atomic mass is 10.0. The van der Waals surface area contributed by atoms with Crippen LogP contribution in [-0.4, -0.2) is 10.8 Å². The molecule has 0 aliphatic carbocycles. The van der Waals surface area contributed by atoms with Crippen LogP contribution in [0.5, 0.6) is 0 Å². The predicted molar refractivity (Wildman–Crippen MR) is 87.4 cm³/mol. The first-order valence-corrected chi connectivity index (χ1v) is 8.14. The highest BCUT2D eigenvalue weighted by Gasteiger charge is 2.16. The van der Waals surface area contributed by atoms with Crippen LogP contribution in [0, 0.1) is 0 Å². The van der Waals surface area contributed by atoms with E-state index in [0.29, 0.717) is 5.58 Å². The van der Waals surface area contributed by atoms with Crippen LogP contribution in [0.1, 0.15) is 16.5 Å². The van der Waals surface area contributed by atoms with Crippen molar-refractivity contribution in [2.75, 3.05) is 6.26 Å². The van der Waals surface area contributed by atoms with Gasteiger partial charge in [0.1, 0.15) is 0 Å². The molecule has 1 atom stereocenters. The highest BCUT2D eigenvalue weighted by atomic mass is 35.5. The monoisotopic (exact) mass is 319 g/mol. The maximum absolute atomic E-state index is 11.5. The predicted octanol–water partition coefficient (Wildman–Crippen LogP) is 4.18. The highest BCUT2D eigenvalue weighted by molar-refractivity contribution is 7.98. The summed E-state index contributed by atoms with van der Waals surface area (Å²) in [6, 6.07) is 13.7. The number of nitrogens with zero attached hydrogens (tertiary/aromatic N) is 1. The van der Waals surface area contributed by atoms with Crippen molar-refractivity contribution < 1.29 is 4.42 Å². The molecule has 0 saturated carbocycles. The second-order valence-electron chi connectivity index (χ2n) is 4.76. The van der Waals surface area contributed by atoms with E-state index in [1.165, 1.54) is 4.57 Å². The van der Waals surface area contributed by atoms with Crippen LogP contribution >= 0.6 is 23.4 Å². The maximum Gasteiger partial charge on any atom is 0.419 e. The van der Waals surface area contributed by atoms with Crippen LogP contribution in [0.2, 0.25) is 0 Å². The lowest BCUT2D eigenvalue weighted by molar-refractivity contribution is 0.528. The quantitative estimate of drug-likeness (QED) is 0.536. The summed E-state index contributed by atoms with van der Waals surface area (Å²) < 4.78 is 6.71. The number of thioether (sulfide) groups is 1. The average molecular weight is 320 g/mol. The Kier molecular flexibility index (Phi) is 3.83. The van der Waals surface area contributed by atoms with Gasteiger partial charge in [-0.2, -0.15) is 0 Å². The van der Waals surface area contributed by atoms with Crippen LogP contribution in [0.3, 0.4) is 0 Å². The van der Waals surface area contributed by atoms with Crippen LogP contribution < -0.4 is 5.76 Å². The fourth-order valence-corrected chi connectivity index (χ4v) is 3.39. The molecule has 0 bridgehead atoms. The number of oxazole rings is 1. The molecule has 0 spiro atoms. The van der Waals surface area contributed by atoms with E-state index in [-0.39, 0.29) is 11.1 Å². The number of halogens is 1. The molecular formula is C16H14ClNO2S. The fraction of sp³-hybridized carbons (Fsp3) is 0.188. The Labute approximate surface area is 131 Å². The molecule has 0 amide bonds. The molecule has 0 aliphatic heterocycles. The number of hydrogen-bond donors (Lipinski definition) is 0. The average Bonchev–Trinajstić information content (AvgIpc) is 2.80. The summed E-state index contributed by atoms with van der Waals surface area (Å²) in [5, 5.41) is -0.274. The standard InChI is InChI=1S/C16H14ClNO2S/c1-18-12-8-7-10(9-13(12)20-16(18)19)15(17)11-5-3-4-6-14(11)21-2/h3-9,15H,1-2H3. The summed E-state index contributed by atoms with van der Waals surface area (Å²) in [6.45, 7) is 0. The smallest absolute Gasteiger partial charge is 0.408 e. The van der Waals surface area contributed by atoms with Crippen LogP contribution in [0.4, 0.5) is 0 Å². The van der Waals surface area contributed by atoms with E-state index in [9.17, 15) is 4.79 Å². The third-order valence-corrected chi connectivity index (χ3v) is 4.82. The topological polar surface area (TPSA) is 35.1 Å². The molecular weight excluding hydrogens is 306 g/mol. The number of fused-ring (bicyclic) bond motifs is 1. The summed E-state index contributed by atoms with van der Waals surface area (Å²) in [4.78, 5) is 12.7. The van der Waals surface area contributed by atoms with E-state index in [1.807, 2.05) is 42.7 Å². The SMILES string of the molecule is CSc1ccccc1C(Cl)c1ccc2c(c1)oc(=O)n2C. The minimum Gasteiger partial charge on any atom is -0.408 e. The van der Waals surface area contributed by atoms with E-state index in [4.69, 9.17) is 16.0 Å². The minimum absolute atomic E-state index is 0.274. The van der Waals surface area contributed by atoms with Crippen molar-refractivity contribution in [1.29, 1.82) is 0 Å². The lowest BCUT2D eigenvalue weighted by Crippen LogP contribution is -2.08. The molecule has 0 fully saturated rings. The van der Waals surface area contributed by atoms with E-state index in [1.54, 1.807) is 18.8 Å². The van der Waals surface area contributed by atoms with Gasteiger partial charge < -0.3 is 4.42 Å². The van der Waals surface area contributed by atoms with Gasteiger partial charge in [0, 0.05) is 11.9 Å². The summed E-state index contributed by atoms with van der Waals surface area (Å²) in [5.74, 6) is -0.363. The van der Waals surface area contributed by atoms with E-state index >= 15 is 0 Å². The summed E-state index contributed by atoms with van der Waals surface area (Å²) >= 11 is 8.29. The van der Waals surface area contributed by atoms with Gasteiger partial charge in [0.15, 0.2) is 5.58 Å². The highest BCUT2D eigenvalue weighted by Crippen LogP contribution is 2.35. The molecule has 1 unspecified atom stereocenters. The molecule has 0 radical (unpaired) electrons. The van der Waals surface area contributed by atoms with Gasteiger partial charge in [0.2, 0.25) is 0 Å². The molecule has 2 aromatic carbocycles.